The van der Waals surface area contributed by atoms with E-state index in [2.05, 4.69) is 20.4 Å². The summed E-state index contributed by atoms with van der Waals surface area (Å²) in [6.45, 7) is 0.461. The predicted octanol–water partition coefficient (Wildman–Crippen LogP) is 5.46. The standard InChI is InChI=1S/C26H20ClN5O2/c1-34-20-13-11-18(12-14-20)26(33)30-24-21-16-32(15-19-9-5-6-10-22(19)27)31-25(21)29-23(28-24)17-7-3-2-4-8-17/h2-14,16H,15H2,1H3,(H,28,29,30,31,33). The van der Waals surface area contributed by atoms with Gasteiger partial charge in [0.15, 0.2) is 11.5 Å². The Kier molecular flexibility index (Phi) is 5.93. The lowest BCUT2D eigenvalue weighted by Crippen LogP contribution is -2.13. The number of hydrogen-bond acceptors (Lipinski definition) is 5. The summed E-state index contributed by atoms with van der Waals surface area (Å²) in [5.74, 6) is 1.24. The minimum Gasteiger partial charge on any atom is -0.497 e. The molecule has 1 amide bonds. The van der Waals surface area contributed by atoms with Gasteiger partial charge >= 0.3 is 0 Å². The summed E-state index contributed by atoms with van der Waals surface area (Å²) in [4.78, 5) is 22.3. The number of methoxy groups -OCH3 is 1. The van der Waals surface area contributed by atoms with E-state index in [1.165, 1.54) is 0 Å². The summed E-state index contributed by atoms with van der Waals surface area (Å²) in [6.07, 6.45) is 1.82. The number of anilines is 1. The Hall–Kier alpha value is -4.23. The molecule has 5 rings (SSSR count). The van der Waals surface area contributed by atoms with Gasteiger partial charge in [-0.3, -0.25) is 9.48 Å². The van der Waals surface area contributed by atoms with Crippen LogP contribution in [0.5, 0.6) is 5.75 Å². The first-order valence-electron chi connectivity index (χ1n) is 10.6. The topological polar surface area (TPSA) is 81.9 Å². The molecule has 0 aliphatic rings. The Morgan fingerprint density at radius 2 is 1.71 bits per heavy atom. The molecule has 0 unspecified atom stereocenters. The fraction of sp³-hybridized carbons (Fsp3) is 0.0769. The largest absolute Gasteiger partial charge is 0.497 e. The van der Waals surface area contributed by atoms with Crippen molar-refractivity contribution in [1.82, 2.24) is 19.7 Å². The quantitative estimate of drug-likeness (QED) is 0.357. The number of halogens is 1. The minimum absolute atomic E-state index is 0.291. The molecule has 7 nitrogen and oxygen atoms in total. The molecule has 0 bridgehead atoms. The molecule has 0 radical (unpaired) electrons. The minimum atomic E-state index is -0.291. The van der Waals surface area contributed by atoms with Crippen molar-refractivity contribution in [2.24, 2.45) is 0 Å². The van der Waals surface area contributed by atoms with Crippen LogP contribution in [0.3, 0.4) is 0 Å². The Balaban J connectivity index is 1.55. The molecule has 0 aliphatic heterocycles. The van der Waals surface area contributed by atoms with Crippen LogP contribution in [0, 0.1) is 0 Å². The van der Waals surface area contributed by atoms with Crippen LogP contribution in [0.15, 0.2) is 85.1 Å². The van der Waals surface area contributed by atoms with E-state index in [-0.39, 0.29) is 5.91 Å². The zero-order valence-corrected chi connectivity index (χ0v) is 19.0. The van der Waals surface area contributed by atoms with E-state index in [9.17, 15) is 4.79 Å². The summed E-state index contributed by atoms with van der Waals surface area (Å²) >= 11 is 6.33. The highest BCUT2D eigenvalue weighted by molar-refractivity contribution is 6.31. The van der Waals surface area contributed by atoms with E-state index < -0.39 is 0 Å². The molecule has 0 atom stereocenters. The van der Waals surface area contributed by atoms with Crippen LogP contribution in [0.25, 0.3) is 22.4 Å². The maximum atomic E-state index is 13.0. The second-order valence-corrected chi connectivity index (χ2v) is 8.01. The van der Waals surface area contributed by atoms with Crippen LogP contribution >= 0.6 is 11.6 Å². The molecule has 0 saturated carbocycles. The van der Waals surface area contributed by atoms with Gasteiger partial charge in [0, 0.05) is 22.3 Å². The number of rotatable bonds is 6. The summed E-state index contributed by atoms with van der Waals surface area (Å²) in [6, 6.07) is 24.0. The van der Waals surface area contributed by atoms with Crippen LogP contribution in [0.4, 0.5) is 5.82 Å². The highest BCUT2D eigenvalue weighted by Crippen LogP contribution is 2.26. The molecular formula is C26H20ClN5O2. The van der Waals surface area contributed by atoms with Gasteiger partial charge in [-0.15, -0.1) is 0 Å². The van der Waals surface area contributed by atoms with E-state index in [0.717, 1.165) is 11.1 Å². The van der Waals surface area contributed by atoms with Crippen LogP contribution in [-0.2, 0) is 6.54 Å². The lowest BCUT2D eigenvalue weighted by atomic mass is 10.2. The second-order valence-electron chi connectivity index (χ2n) is 7.60. The van der Waals surface area contributed by atoms with Crippen LogP contribution in [0.1, 0.15) is 15.9 Å². The summed E-state index contributed by atoms with van der Waals surface area (Å²) < 4.78 is 6.93. The molecule has 8 heteroatoms. The molecule has 5 aromatic rings. The number of aromatic nitrogens is 4. The van der Waals surface area contributed by atoms with E-state index >= 15 is 0 Å². The molecule has 2 heterocycles. The Morgan fingerprint density at radius 3 is 2.44 bits per heavy atom. The molecule has 0 fully saturated rings. The SMILES string of the molecule is COc1ccc(C(=O)Nc2nc(-c3ccccc3)nc3nn(Cc4ccccc4Cl)cc23)cc1. The average molecular weight is 470 g/mol. The number of carbonyl (C=O) groups is 1. The van der Waals surface area contributed by atoms with Gasteiger partial charge in [0.2, 0.25) is 0 Å². The van der Waals surface area contributed by atoms with E-state index in [1.807, 2.05) is 60.8 Å². The number of benzene rings is 3. The first kappa shape index (κ1) is 21.6. The van der Waals surface area contributed by atoms with Crippen molar-refractivity contribution < 1.29 is 9.53 Å². The summed E-state index contributed by atoms with van der Waals surface area (Å²) in [7, 11) is 1.58. The number of carbonyl (C=O) groups excluding carboxylic acids is 1. The number of hydrogen-bond donors (Lipinski definition) is 1. The van der Waals surface area contributed by atoms with Gasteiger partial charge in [-0.25, -0.2) is 9.97 Å². The molecular weight excluding hydrogens is 450 g/mol. The van der Waals surface area contributed by atoms with Crippen molar-refractivity contribution in [3.63, 3.8) is 0 Å². The van der Waals surface area contributed by atoms with Crippen molar-refractivity contribution >= 4 is 34.4 Å². The molecule has 3 aromatic carbocycles. The monoisotopic (exact) mass is 469 g/mol. The lowest BCUT2D eigenvalue weighted by molar-refractivity contribution is 0.102. The van der Waals surface area contributed by atoms with Gasteiger partial charge in [-0.2, -0.15) is 5.10 Å². The van der Waals surface area contributed by atoms with Gasteiger partial charge in [0.1, 0.15) is 11.6 Å². The number of fused-ring (bicyclic) bond motifs is 1. The zero-order valence-electron chi connectivity index (χ0n) is 18.3. The van der Waals surface area contributed by atoms with Crippen LogP contribution in [-0.4, -0.2) is 32.8 Å². The third kappa shape index (κ3) is 4.46. The van der Waals surface area contributed by atoms with Crippen LogP contribution < -0.4 is 10.1 Å². The van der Waals surface area contributed by atoms with Gasteiger partial charge in [-0.1, -0.05) is 60.1 Å². The Morgan fingerprint density at radius 1 is 0.971 bits per heavy atom. The number of ether oxygens (including phenoxy) is 1. The van der Waals surface area contributed by atoms with Gasteiger partial charge in [0.05, 0.1) is 19.0 Å². The third-order valence-corrected chi connectivity index (χ3v) is 5.70. The normalized spacial score (nSPS) is 10.9. The van der Waals surface area contributed by atoms with E-state index in [1.54, 1.807) is 36.1 Å². The second kappa shape index (κ2) is 9.33. The number of nitrogens with one attached hydrogen (secondary N) is 1. The van der Waals surface area contributed by atoms with Crippen LogP contribution in [0.2, 0.25) is 5.02 Å². The molecule has 0 spiro atoms. The maximum Gasteiger partial charge on any atom is 0.256 e. The summed E-state index contributed by atoms with van der Waals surface area (Å²) in [5, 5.41) is 8.86. The lowest BCUT2D eigenvalue weighted by Gasteiger charge is -2.08. The Bertz CT molecular complexity index is 1470. The maximum absolute atomic E-state index is 13.0. The van der Waals surface area contributed by atoms with Crippen molar-refractivity contribution in [3.05, 3.63) is 101 Å². The smallest absolute Gasteiger partial charge is 0.256 e. The van der Waals surface area contributed by atoms with Crippen molar-refractivity contribution in [2.45, 2.75) is 6.54 Å². The number of nitrogens with zero attached hydrogens (tertiary/aromatic N) is 4. The van der Waals surface area contributed by atoms with Gasteiger partial charge in [0.25, 0.3) is 5.91 Å². The molecule has 1 N–H and O–H groups in total. The van der Waals surface area contributed by atoms with Crippen molar-refractivity contribution in [2.75, 3.05) is 12.4 Å². The van der Waals surface area contributed by atoms with Gasteiger partial charge < -0.3 is 10.1 Å². The van der Waals surface area contributed by atoms with Crippen molar-refractivity contribution in [3.8, 4) is 17.1 Å². The number of amides is 1. The highest BCUT2D eigenvalue weighted by Gasteiger charge is 2.17. The average Bonchev–Trinajstić information content (AvgIpc) is 3.29. The predicted molar refractivity (Wildman–Crippen MR) is 132 cm³/mol. The fourth-order valence-electron chi connectivity index (χ4n) is 3.57. The first-order valence-corrected chi connectivity index (χ1v) is 11.0. The highest BCUT2D eigenvalue weighted by atomic mass is 35.5. The molecule has 0 aliphatic carbocycles. The molecule has 2 aromatic heterocycles. The van der Waals surface area contributed by atoms with Gasteiger partial charge in [-0.05, 0) is 35.9 Å². The third-order valence-electron chi connectivity index (χ3n) is 5.33. The first-order chi connectivity index (χ1) is 16.6. The van der Waals surface area contributed by atoms with E-state index in [4.69, 9.17) is 16.3 Å². The zero-order chi connectivity index (χ0) is 23.5. The molecule has 34 heavy (non-hydrogen) atoms. The van der Waals surface area contributed by atoms with E-state index in [0.29, 0.717) is 45.6 Å². The fourth-order valence-corrected chi connectivity index (χ4v) is 3.76. The molecule has 168 valence electrons. The molecule has 0 saturated heterocycles. The van der Waals surface area contributed by atoms with Crippen molar-refractivity contribution in [1.29, 1.82) is 0 Å². The Labute approximate surface area is 201 Å². The summed E-state index contributed by atoms with van der Waals surface area (Å²) in [5.41, 5.74) is 2.71.